The first-order valence-corrected chi connectivity index (χ1v) is 16.2. The van der Waals surface area contributed by atoms with Crippen molar-refractivity contribution >= 4 is 20.1 Å². The third-order valence-electron chi connectivity index (χ3n) is 7.42. The Morgan fingerprint density at radius 2 is 1.52 bits per heavy atom. The van der Waals surface area contributed by atoms with Gasteiger partial charge in [-0.2, -0.15) is 4.98 Å². The molecule has 0 unspecified atom stereocenters. The predicted octanol–water partition coefficient (Wildman–Crippen LogP) is 4.78. The van der Waals surface area contributed by atoms with E-state index in [1.54, 1.807) is 12.3 Å². The lowest BCUT2D eigenvalue weighted by Gasteiger charge is -2.36. The summed E-state index contributed by atoms with van der Waals surface area (Å²) in [4.78, 5) is 35.2. The molecule has 0 fully saturated rings. The Bertz CT molecular complexity index is 1590. The van der Waals surface area contributed by atoms with Crippen LogP contribution in [0.4, 0.5) is 11.8 Å². The van der Waals surface area contributed by atoms with Gasteiger partial charge in [-0.05, 0) is 54.4 Å². The highest BCUT2D eigenvalue weighted by molar-refractivity contribution is 6.74. The summed E-state index contributed by atoms with van der Waals surface area (Å²) < 4.78 is 9.00. The molecule has 2 aromatic carbocycles. The van der Waals surface area contributed by atoms with Crippen molar-refractivity contribution in [2.75, 3.05) is 11.1 Å². The van der Waals surface area contributed by atoms with Crippen molar-refractivity contribution in [2.24, 2.45) is 0 Å². The van der Waals surface area contributed by atoms with E-state index in [4.69, 9.17) is 10.2 Å². The lowest BCUT2D eigenvalue weighted by atomic mass is 10.1. The first-order valence-electron chi connectivity index (χ1n) is 13.3. The van der Waals surface area contributed by atoms with Gasteiger partial charge in [0.2, 0.25) is 14.3 Å². The Morgan fingerprint density at radius 1 is 0.925 bits per heavy atom. The number of rotatable bonds is 9. The molecule has 0 amide bonds. The van der Waals surface area contributed by atoms with E-state index in [1.807, 2.05) is 61.5 Å². The summed E-state index contributed by atoms with van der Waals surface area (Å²) in [7, 11) is -1.98. The second kappa shape index (κ2) is 11.5. The van der Waals surface area contributed by atoms with Gasteiger partial charge >= 0.3 is 11.4 Å². The van der Waals surface area contributed by atoms with Crippen molar-refractivity contribution in [2.45, 2.75) is 65.5 Å². The number of pyridine rings is 1. The molecular weight excluding hydrogens is 520 g/mol. The van der Waals surface area contributed by atoms with Crippen LogP contribution in [0.15, 0.2) is 76.4 Å². The molecular formula is C30H38N6O3Si. The van der Waals surface area contributed by atoms with Crippen LogP contribution >= 0.6 is 0 Å². The molecule has 0 aliphatic carbocycles. The topological polar surface area (TPSA) is 117 Å². The zero-order valence-corrected chi connectivity index (χ0v) is 25.1. The number of nitrogens with one attached hydrogen (secondary N) is 1. The van der Waals surface area contributed by atoms with Crippen molar-refractivity contribution in [3.63, 3.8) is 0 Å². The number of nitrogens with zero attached hydrogens (tertiary/aromatic N) is 4. The fraction of sp³-hybridized carbons (Fsp3) is 0.333. The van der Waals surface area contributed by atoms with E-state index >= 15 is 0 Å². The number of aryl methyl sites for hydroxylation is 1. The van der Waals surface area contributed by atoms with Crippen molar-refractivity contribution in [1.82, 2.24) is 19.1 Å². The minimum atomic E-state index is -1.98. The highest BCUT2D eigenvalue weighted by Crippen LogP contribution is 2.37. The smallest absolute Gasteiger partial charge is 0.355 e. The van der Waals surface area contributed by atoms with Crippen LogP contribution in [0, 0.1) is 6.92 Å². The summed E-state index contributed by atoms with van der Waals surface area (Å²) in [5.41, 5.74) is 8.47. The molecule has 4 rings (SSSR count). The average Bonchev–Trinajstić information content (AvgIpc) is 2.89. The molecule has 0 radical (unpaired) electrons. The van der Waals surface area contributed by atoms with E-state index in [9.17, 15) is 9.59 Å². The zero-order valence-electron chi connectivity index (χ0n) is 24.1. The van der Waals surface area contributed by atoms with Crippen LogP contribution < -0.4 is 26.9 Å². The molecule has 210 valence electrons. The lowest BCUT2D eigenvalue weighted by Crippen LogP contribution is -2.44. The summed E-state index contributed by atoms with van der Waals surface area (Å²) in [6, 6.07) is 19.1. The van der Waals surface area contributed by atoms with Crippen LogP contribution in [0.5, 0.6) is 5.75 Å². The monoisotopic (exact) mass is 558 g/mol. The number of aromatic nitrogens is 4. The van der Waals surface area contributed by atoms with E-state index < -0.39 is 19.7 Å². The molecule has 0 bridgehead atoms. The molecule has 10 heteroatoms. The van der Waals surface area contributed by atoms with Crippen LogP contribution in [0.2, 0.25) is 18.1 Å². The van der Waals surface area contributed by atoms with Gasteiger partial charge in [0.05, 0.1) is 13.1 Å². The summed E-state index contributed by atoms with van der Waals surface area (Å²) in [6.45, 7) is 13.6. The quantitative estimate of drug-likeness (QED) is 0.284. The molecule has 40 heavy (non-hydrogen) atoms. The number of hydrogen-bond donors (Lipinski definition) is 2. The molecule has 9 nitrogen and oxygen atoms in total. The summed E-state index contributed by atoms with van der Waals surface area (Å²) in [6.07, 6.45) is 1.61. The highest BCUT2D eigenvalue weighted by Gasteiger charge is 2.38. The summed E-state index contributed by atoms with van der Waals surface area (Å²) in [5.74, 6) is 1.33. The maximum atomic E-state index is 13.7. The summed E-state index contributed by atoms with van der Waals surface area (Å²) >= 11 is 0. The van der Waals surface area contributed by atoms with Gasteiger partial charge in [-0.3, -0.25) is 4.57 Å². The Morgan fingerprint density at radius 3 is 2.12 bits per heavy atom. The lowest BCUT2D eigenvalue weighted by molar-refractivity contribution is 0.492. The minimum Gasteiger partial charge on any atom is -0.544 e. The normalized spacial score (nSPS) is 11.8. The molecule has 0 spiro atoms. The van der Waals surface area contributed by atoms with Crippen LogP contribution in [0.3, 0.4) is 0 Å². The number of nitrogen functional groups attached to an aromatic ring is 1. The summed E-state index contributed by atoms with van der Waals surface area (Å²) in [5, 5.41) is 3.20. The average molecular weight is 559 g/mol. The number of nitrogens with two attached hydrogens (primary N) is 1. The Labute approximate surface area is 235 Å². The maximum absolute atomic E-state index is 13.7. The van der Waals surface area contributed by atoms with Crippen LogP contribution in [0.25, 0.3) is 0 Å². The predicted molar refractivity (Wildman–Crippen MR) is 162 cm³/mol. The second-order valence-electron chi connectivity index (χ2n) is 11.6. The fourth-order valence-electron chi connectivity index (χ4n) is 3.89. The SMILES string of the molecule is Cc1ccc(Cn2c(NCc3cccnc3N)nc(=O)n(Cc3ccc(O[Si](C)(C)C(C)(C)C)cc3)c2=O)cc1. The Hall–Kier alpha value is -4.18. The van der Waals surface area contributed by atoms with Gasteiger partial charge in [0.15, 0.2) is 0 Å². The number of anilines is 2. The van der Waals surface area contributed by atoms with E-state index in [1.165, 1.54) is 4.57 Å². The second-order valence-corrected chi connectivity index (χ2v) is 16.3. The van der Waals surface area contributed by atoms with Crippen molar-refractivity contribution in [3.8, 4) is 5.75 Å². The molecule has 2 heterocycles. The first-order chi connectivity index (χ1) is 18.8. The van der Waals surface area contributed by atoms with Crippen molar-refractivity contribution in [3.05, 3.63) is 110 Å². The largest absolute Gasteiger partial charge is 0.544 e. The Balaban J connectivity index is 1.64. The van der Waals surface area contributed by atoms with Gasteiger partial charge in [-0.25, -0.2) is 19.1 Å². The number of hydrogen-bond acceptors (Lipinski definition) is 7. The van der Waals surface area contributed by atoms with Gasteiger partial charge in [0, 0.05) is 18.3 Å². The number of benzene rings is 2. The molecule has 0 atom stereocenters. The van der Waals surface area contributed by atoms with Crippen LogP contribution in [-0.2, 0) is 19.6 Å². The molecule has 2 aromatic heterocycles. The van der Waals surface area contributed by atoms with E-state index in [0.29, 0.717) is 5.82 Å². The van der Waals surface area contributed by atoms with Gasteiger partial charge in [0.25, 0.3) is 0 Å². The van der Waals surface area contributed by atoms with Gasteiger partial charge < -0.3 is 15.5 Å². The molecule has 0 aliphatic rings. The van der Waals surface area contributed by atoms with E-state index in [2.05, 4.69) is 49.1 Å². The fourth-order valence-corrected chi connectivity index (χ4v) is 4.92. The van der Waals surface area contributed by atoms with Crippen LogP contribution in [0.1, 0.15) is 43.0 Å². The molecule has 4 aromatic rings. The minimum absolute atomic E-state index is 0.0751. The molecule has 0 aliphatic heterocycles. The van der Waals surface area contributed by atoms with E-state index in [-0.39, 0.29) is 30.6 Å². The third-order valence-corrected chi connectivity index (χ3v) is 11.8. The maximum Gasteiger partial charge on any atom is 0.355 e. The van der Waals surface area contributed by atoms with Gasteiger partial charge in [0.1, 0.15) is 11.6 Å². The Kier molecular flexibility index (Phi) is 8.29. The zero-order chi connectivity index (χ0) is 29.1. The van der Waals surface area contributed by atoms with Crippen LogP contribution in [-0.4, -0.2) is 27.4 Å². The molecule has 3 N–H and O–H groups in total. The molecule has 0 saturated heterocycles. The van der Waals surface area contributed by atoms with Gasteiger partial charge in [-0.15, -0.1) is 0 Å². The molecule has 0 saturated carbocycles. The van der Waals surface area contributed by atoms with Gasteiger partial charge in [-0.1, -0.05) is 68.8 Å². The first kappa shape index (κ1) is 28.8. The van der Waals surface area contributed by atoms with Crippen molar-refractivity contribution < 1.29 is 4.43 Å². The third kappa shape index (κ3) is 6.68. The van der Waals surface area contributed by atoms with Crippen molar-refractivity contribution in [1.29, 1.82) is 0 Å². The van der Waals surface area contributed by atoms with E-state index in [0.717, 1.165) is 32.6 Å². The standard InChI is InChI=1S/C30H38N6O3Si/c1-21-9-11-22(12-10-21)19-35-27(33-18-24-8-7-17-32-26(24)31)34-28(37)36(29(35)38)20-23-13-15-25(16-14-23)39-40(5,6)30(2,3)4/h7-17H,18-20H2,1-6H3,(H2,31,32)(H,33,34,37). The highest BCUT2D eigenvalue weighted by atomic mass is 28.4.